The van der Waals surface area contributed by atoms with E-state index in [1.54, 1.807) is 0 Å². The van der Waals surface area contributed by atoms with E-state index in [4.69, 9.17) is 4.74 Å². The Morgan fingerprint density at radius 3 is 2.24 bits per heavy atom. The fourth-order valence-electron chi connectivity index (χ4n) is 1.96. The highest BCUT2D eigenvalue weighted by atomic mass is 16.5. The van der Waals surface area contributed by atoms with Crippen molar-refractivity contribution in [3.8, 4) is 0 Å². The van der Waals surface area contributed by atoms with Crippen molar-refractivity contribution in [1.82, 2.24) is 0 Å². The smallest absolute Gasteiger partial charge is 0.216 e. The van der Waals surface area contributed by atoms with Gasteiger partial charge in [0.2, 0.25) is 5.90 Å². The minimum Gasteiger partial charge on any atom is -0.475 e. The molecule has 0 saturated carbocycles. The zero-order valence-electron chi connectivity index (χ0n) is 9.41. The molecule has 0 amide bonds. The number of nitrogens with zero attached hydrogens (tertiary/aromatic N) is 1. The summed E-state index contributed by atoms with van der Waals surface area (Å²) in [5, 5.41) is 0. The Kier molecular flexibility index (Phi) is 2.62. The number of hydrogen-bond acceptors (Lipinski definition) is 2. The van der Waals surface area contributed by atoms with Crippen LogP contribution in [0.15, 0.2) is 65.7 Å². The molecule has 2 heteroatoms. The summed E-state index contributed by atoms with van der Waals surface area (Å²) in [6.45, 7) is 0.633. The van der Waals surface area contributed by atoms with Gasteiger partial charge in [0.25, 0.3) is 0 Å². The largest absolute Gasteiger partial charge is 0.475 e. The molecule has 0 spiro atoms. The summed E-state index contributed by atoms with van der Waals surface area (Å²) in [7, 11) is 0. The highest BCUT2D eigenvalue weighted by molar-refractivity contribution is 5.95. The lowest BCUT2D eigenvalue weighted by Gasteiger charge is -2.03. The lowest BCUT2D eigenvalue weighted by Crippen LogP contribution is -2.00. The number of rotatable bonds is 2. The van der Waals surface area contributed by atoms with E-state index in [0.717, 1.165) is 11.5 Å². The summed E-state index contributed by atoms with van der Waals surface area (Å²) in [5.74, 6) is 0.749. The van der Waals surface area contributed by atoms with Gasteiger partial charge >= 0.3 is 0 Å². The molecule has 0 saturated heterocycles. The molecule has 0 radical (unpaired) electrons. The Labute approximate surface area is 101 Å². The van der Waals surface area contributed by atoms with E-state index < -0.39 is 0 Å². The molecule has 2 aromatic carbocycles. The van der Waals surface area contributed by atoms with E-state index in [0.29, 0.717) is 6.61 Å². The number of benzene rings is 2. The van der Waals surface area contributed by atoms with Gasteiger partial charge in [-0.1, -0.05) is 48.5 Å². The molecule has 0 unspecified atom stereocenters. The van der Waals surface area contributed by atoms with Crippen molar-refractivity contribution in [3.63, 3.8) is 0 Å². The van der Waals surface area contributed by atoms with Gasteiger partial charge in [-0.05, 0) is 17.7 Å². The zero-order chi connectivity index (χ0) is 11.5. The Morgan fingerprint density at radius 2 is 1.53 bits per heavy atom. The van der Waals surface area contributed by atoms with Gasteiger partial charge in [0.15, 0.2) is 0 Å². The molecule has 3 rings (SSSR count). The molecule has 1 atom stereocenters. The van der Waals surface area contributed by atoms with Crippen molar-refractivity contribution in [2.24, 2.45) is 4.99 Å². The van der Waals surface area contributed by atoms with E-state index in [1.807, 2.05) is 48.5 Å². The topological polar surface area (TPSA) is 21.6 Å². The van der Waals surface area contributed by atoms with E-state index >= 15 is 0 Å². The molecule has 2 aromatic rings. The van der Waals surface area contributed by atoms with Gasteiger partial charge in [0.1, 0.15) is 12.6 Å². The third kappa shape index (κ3) is 2.07. The Hall–Kier alpha value is -2.09. The molecule has 1 aliphatic heterocycles. The minimum atomic E-state index is 0.131. The van der Waals surface area contributed by atoms with Crippen LogP contribution in [0, 0.1) is 0 Å². The van der Waals surface area contributed by atoms with E-state index in [-0.39, 0.29) is 6.04 Å². The first-order valence-electron chi connectivity index (χ1n) is 5.74. The zero-order valence-corrected chi connectivity index (χ0v) is 9.41. The van der Waals surface area contributed by atoms with Gasteiger partial charge in [-0.15, -0.1) is 0 Å². The van der Waals surface area contributed by atoms with E-state index in [9.17, 15) is 0 Å². The minimum absolute atomic E-state index is 0.131. The first-order valence-corrected chi connectivity index (χ1v) is 5.74. The van der Waals surface area contributed by atoms with Crippen molar-refractivity contribution in [3.05, 3.63) is 71.8 Å². The summed E-state index contributed by atoms with van der Waals surface area (Å²) in [6.07, 6.45) is 0. The summed E-state index contributed by atoms with van der Waals surface area (Å²) in [4.78, 5) is 4.62. The Balaban J connectivity index is 1.87. The molecule has 84 valence electrons. The van der Waals surface area contributed by atoms with Crippen LogP contribution in [-0.4, -0.2) is 12.5 Å². The molecule has 0 fully saturated rings. The van der Waals surface area contributed by atoms with Gasteiger partial charge in [-0.3, -0.25) is 0 Å². The van der Waals surface area contributed by atoms with Crippen molar-refractivity contribution in [1.29, 1.82) is 0 Å². The van der Waals surface area contributed by atoms with E-state index in [2.05, 4.69) is 17.1 Å². The molecule has 0 aromatic heterocycles. The van der Waals surface area contributed by atoms with Crippen molar-refractivity contribution in [2.45, 2.75) is 6.04 Å². The lowest BCUT2D eigenvalue weighted by molar-refractivity contribution is 0.320. The Bertz CT molecular complexity index is 519. The van der Waals surface area contributed by atoms with Gasteiger partial charge in [0.05, 0.1) is 0 Å². The molecule has 2 nitrogen and oxygen atoms in total. The maximum Gasteiger partial charge on any atom is 0.216 e. The van der Waals surface area contributed by atoms with Crippen LogP contribution < -0.4 is 0 Å². The monoisotopic (exact) mass is 223 g/mol. The van der Waals surface area contributed by atoms with E-state index in [1.165, 1.54) is 5.56 Å². The fraction of sp³-hybridized carbons (Fsp3) is 0.133. The Morgan fingerprint density at radius 1 is 0.882 bits per heavy atom. The summed E-state index contributed by atoms with van der Waals surface area (Å²) >= 11 is 0. The standard InChI is InChI=1S/C15H13NO/c1-3-7-12(8-4-1)14-11-17-15(16-14)13-9-5-2-6-10-13/h1-10,14H,11H2/t14-/m0/s1. The van der Waals surface area contributed by atoms with Crippen LogP contribution >= 0.6 is 0 Å². The van der Waals surface area contributed by atoms with Gasteiger partial charge < -0.3 is 4.74 Å². The third-order valence-corrected chi connectivity index (χ3v) is 2.86. The summed E-state index contributed by atoms with van der Waals surface area (Å²) in [5.41, 5.74) is 2.25. The van der Waals surface area contributed by atoms with Gasteiger partial charge in [-0.2, -0.15) is 0 Å². The summed E-state index contributed by atoms with van der Waals surface area (Å²) in [6, 6.07) is 20.4. The molecule has 0 N–H and O–H groups in total. The molecule has 0 bridgehead atoms. The lowest BCUT2D eigenvalue weighted by atomic mass is 10.1. The van der Waals surface area contributed by atoms with Crippen LogP contribution in [0.3, 0.4) is 0 Å². The highest BCUT2D eigenvalue weighted by Crippen LogP contribution is 2.24. The molecule has 1 heterocycles. The predicted molar refractivity (Wildman–Crippen MR) is 68.1 cm³/mol. The maximum atomic E-state index is 5.66. The fourth-order valence-corrected chi connectivity index (χ4v) is 1.96. The van der Waals surface area contributed by atoms with Crippen LogP contribution in [0.4, 0.5) is 0 Å². The number of hydrogen-bond donors (Lipinski definition) is 0. The quantitative estimate of drug-likeness (QED) is 0.766. The van der Waals surface area contributed by atoms with Crippen LogP contribution in [0.5, 0.6) is 0 Å². The number of ether oxygens (including phenoxy) is 1. The normalized spacial score (nSPS) is 18.6. The second-order valence-electron chi connectivity index (χ2n) is 4.04. The first kappa shape index (κ1) is 10.1. The second kappa shape index (κ2) is 4.42. The molecular formula is C15H13NO. The third-order valence-electron chi connectivity index (χ3n) is 2.86. The van der Waals surface area contributed by atoms with Crippen molar-refractivity contribution in [2.75, 3.05) is 6.61 Å². The average Bonchev–Trinajstić information content (AvgIpc) is 2.90. The van der Waals surface area contributed by atoms with Crippen LogP contribution in [0.2, 0.25) is 0 Å². The maximum absolute atomic E-state index is 5.66. The second-order valence-corrected chi connectivity index (χ2v) is 4.04. The predicted octanol–water partition coefficient (Wildman–Crippen LogP) is 3.20. The van der Waals surface area contributed by atoms with Crippen LogP contribution in [0.1, 0.15) is 17.2 Å². The van der Waals surface area contributed by atoms with Crippen molar-refractivity contribution < 1.29 is 4.74 Å². The number of aliphatic imine (C=N–C) groups is 1. The molecule has 1 aliphatic rings. The van der Waals surface area contributed by atoms with Gasteiger partial charge in [0, 0.05) is 5.56 Å². The van der Waals surface area contributed by atoms with Crippen molar-refractivity contribution >= 4 is 5.90 Å². The highest BCUT2D eigenvalue weighted by Gasteiger charge is 2.20. The first-order chi connectivity index (χ1) is 8.43. The average molecular weight is 223 g/mol. The molecular weight excluding hydrogens is 210 g/mol. The SMILES string of the molecule is c1ccc(C2=N[C@H](c3ccccc3)CO2)cc1. The van der Waals surface area contributed by atoms with Crippen LogP contribution in [0.25, 0.3) is 0 Å². The van der Waals surface area contributed by atoms with Crippen LogP contribution in [-0.2, 0) is 4.74 Å². The van der Waals surface area contributed by atoms with Gasteiger partial charge in [-0.25, -0.2) is 4.99 Å². The molecule has 17 heavy (non-hydrogen) atoms. The molecule has 0 aliphatic carbocycles. The summed E-state index contributed by atoms with van der Waals surface area (Å²) < 4.78 is 5.66.